The third kappa shape index (κ3) is 4.44. The molecule has 0 radical (unpaired) electrons. The van der Waals surface area contributed by atoms with Crippen LogP contribution in [0.4, 0.5) is 0 Å². The fraction of sp³-hybridized carbons (Fsp3) is 0.600. The first-order valence-electron chi connectivity index (χ1n) is 9.90. The molecule has 7 nitrogen and oxygen atoms in total. The van der Waals surface area contributed by atoms with Crippen LogP contribution in [0.15, 0.2) is 23.1 Å². The monoisotopic (exact) mass is 442 g/mol. The number of carbonyl (C=O) groups is 2. The van der Waals surface area contributed by atoms with Crippen molar-refractivity contribution in [3.8, 4) is 0 Å². The van der Waals surface area contributed by atoms with Crippen LogP contribution in [-0.2, 0) is 19.6 Å². The number of carbonyl (C=O) groups excluding carboxylic acids is 2. The zero-order valence-electron chi connectivity index (χ0n) is 16.7. The lowest BCUT2D eigenvalue weighted by atomic mass is 9.97. The highest BCUT2D eigenvalue weighted by Crippen LogP contribution is 2.32. The molecule has 1 aliphatic heterocycles. The molecular weight excluding hydrogens is 416 g/mol. The average Bonchev–Trinajstić information content (AvgIpc) is 3.17. The minimum atomic E-state index is -3.82. The molecule has 0 aromatic heterocycles. The van der Waals surface area contributed by atoms with Crippen LogP contribution in [0, 0.1) is 5.92 Å². The van der Waals surface area contributed by atoms with Gasteiger partial charge in [0, 0.05) is 18.7 Å². The van der Waals surface area contributed by atoms with Crippen LogP contribution >= 0.6 is 11.6 Å². The number of piperidine rings is 1. The molecule has 1 N–H and O–H groups in total. The van der Waals surface area contributed by atoms with E-state index in [0.717, 1.165) is 25.7 Å². The second kappa shape index (κ2) is 8.62. The number of halogens is 1. The highest BCUT2D eigenvalue weighted by Gasteiger charge is 2.44. The van der Waals surface area contributed by atoms with Crippen LogP contribution in [0.1, 0.15) is 55.8 Å². The summed E-state index contributed by atoms with van der Waals surface area (Å²) in [7, 11) is -2.52. The molecule has 0 bridgehead atoms. The van der Waals surface area contributed by atoms with Crippen LogP contribution in [0.3, 0.4) is 0 Å². The number of ether oxygens (including phenoxy) is 1. The molecule has 1 aromatic rings. The molecule has 0 spiro atoms. The number of amides is 1. The van der Waals surface area contributed by atoms with Crippen molar-refractivity contribution in [3.05, 3.63) is 28.8 Å². The van der Waals surface area contributed by atoms with Crippen molar-refractivity contribution in [2.24, 2.45) is 5.92 Å². The fourth-order valence-electron chi connectivity index (χ4n) is 4.19. The van der Waals surface area contributed by atoms with E-state index in [1.807, 2.05) is 6.92 Å². The summed E-state index contributed by atoms with van der Waals surface area (Å²) in [5, 5.41) is 2.85. The maximum Gasteiger partial charge on any atom is 0.331 e. The van der Waals surface area contributed by atoms with Crippen molar-refractivity contribution in [3.63, 3.8) is 0 Å². The number of esters is 1. The van der Waals surface area contributed by atoms with Crippen molar-refractivity contribution in [2.75, 3.05) is 20.2 Å². The molecule has 9 heteroatoms. The second-order valence-electron chi connectivity index (χ2n) is 7.99. The largest absolute Gasteiger partial charge is 0.467 e. The van der Waals surface area contributed by atoms with Crippen molar-refractivity contribution in [2.45, 2.75) is 55.9 Å². The van der Waals surface area contributed by atoms with Gasteiger partial charge in [-0.2, -0.15) is 4.31 Å². The van der Waals surface area contributed by atoms with Crippen LogP contribution in [0.2, 0.25) is 5.02 Å². The lowest BCUT2D eigenvalue weighted by molar-refractivity contribution is -0.148. The Labute approximate surface area is 176 Å². The molecule has 1 saturated heterocycles. The molecule has 1 amide bonds. The van der Waals surface area contributed by atoms with Gasteiger partial charge in [0.05, 0.1) is 12.1 Å². The SMILES string of the molecule is COC(=O)C1(NC(=O)c2ccc(Cl)c(S(=O)(=O)N3CCCC(C)C3)c2)CCCC1. The normalized spacial score (nSPS) is 22.2. The van der Waals surface area contributed by atoms with Gasteiger partial charge in [-0.05, 0) is 49.8 Å². The number of nitrogens with one attached hydrogen (secondary N) is 1. The number of sulfonamides is 1. The summed E-state index contributed by atoms with van der Waals surface area (Å²) >= 11 is 6.20. The van der Waals surface area contributed by atoms with E-state index in [0.29, 0.717) is 25.9 Å². The predicted octanol–water partition coefficient (Wildman–Crippen LogP) is 2.98. The first-order chi connectivity index (χ1) is 13.7. The van der Waals surface area contributed by atoms with Gasteiger partial charge >= 0.3 is 5.97 Å². The maximum absolute atomic E-state index is 13.1. The topological polar surface area (TPSA) is 92.8 Å². The van der Waals surface area contributed by atoms with Crippen molar-refractivity contribution >= 4 is 33.5 Å². The zero-order valence-corrected chi connectivity index (χ0v) is 18.3. The highest BCUT2D eigenvalue weighted by molar-refractivity contribution is 7.89. The molecule has 2 fully saturated rings. The smallest absolute Gasteiger partial charge is 0.331 e. The average molecular weight is 443 g/mol. The molecule has 2 aliphatic rings. The van der Waals surface area contributed by atoms with E-state index in [9.17, 15) is 18.0 Å². The Morgan fingerprint density at radius 2 is 1.93 bits per heavy atom. The van der Waals surface area contributed by atoms with E-state index in [1.165, 1.54) is 29.6 Å². The van der Waals surface area contributed by atoms with E-state index in [1.54, 1.807) is 0 Å². The van der Waals surface area contributed by atoms with Crippen molar-refractivity contribution < 1.29 is 22.7 Å². The molecule has 1 atom stereocenters. The number of methoxy groups -OCH3 is 1. The first kappa shape index (κ1) is 22.1. The molecule has 1 heterocycles. The highest BCUT2D eigenvalue weighted by atomic mass is 35.5. The number of nitrogens with zero attached hydrogens (tertiary/aromatic N) is 1. The molecule has 1 aromatic carbocycles. The molecule has 3 rings (SSSR count). The van der Waals surface area contributed by atoms with Crippen LogP contribution in [-0.4, -0.2) is 50.3 Å². The van der Waals surface area contributed by atoms with Gasteiger partial charge in [0.25, 0.3) is 5.91 Å². The third-order valence-electron chi connectivity index (χ3n) is 5.82. The standard InChI is InChI=1S/C20H27ClN2O5S/c1-14-6-5-11-23(13-14)29(26,27)17-12-15(7-8-16(17)21)18(24)22-20(19(25)28-2)9-3-4-10-20/h7-8,12,14H,3-6,9-11,13H2,1-2H3,(H,22,24). The summed E-state index contributed by atoms with van der Waals surface area (Å²) in [6.07, 6.45) is 4.38. The van der Waals surface area contributed by atoms with E-state index in [4.69, 9.17) is 16.3 Å². The number of hydrogen-bond donors (Lipinski definition) is 1. The molecule has 1 aliphatic carbocycles. The first-order valence-corrected chi connectivity index (χ1v) is 11.7. The minimum Gasteiger partial charge on any atom is -0.467 e. The zero-order chi connectivity index (χ0) is 21.2. The van der Waals surface area contributed by atoms with Gasteiger partial charge in [0.1, 0.15) is 10.4 Å². The van der Waals surface area contributed by atoms with E-state index < -0.39 is 27.4 Å². The van der Waals surface area contributed by atoms with Gasteiger partial charge in [-0.3, -0.25) is 4.79 Å². The Hall–Kier alpha value is -1.64. The fourth-order valence-corrected chi connectivity index (χ4v) is 6.29. The number of benzene rings is 1. The van der Waals surface area contributed by atoms with Crippen LogP contribution in [0.25, 0.3) is 0 Å². The Balaban J connectivity index is 1.88. The van der Waals surface area contributed by atoms with Gasteiger partial charge in [0.15, 0.2) is 0 Å². The van der Waals surface area contributed by atoms with Crippen molar-refractivity contribution in [1.82, 2.24) is 9.62 Å². The van der Waals surface area contributed by atoms with E-state index >= 15 is 0 Å². The summed E-state index contributed by atoms with van der Waals surface area (Å²) in [5.74, 6) is -0.726. The molecule has 29 heavy (non-hydrogen) atoms. The summed E-state index contributed by atoms with van der Waals surface area (Å²) in [6.45, 7) is 2.88. The second-order valence-corrected chi connectivity index (χ2v) is 10.3. The van der Waals surface area contributed by atoms with E-state index in [-0.39, 0.29) is 21.4 Å². The van der Waals surface area contributed by atoms with Gasteiger partial charge in [-0.1, -0.05) is 31.4 Å². The lowest BCUT2D eigenvalue weighted by Gasteiger charge is -2.30. The molecule has 160 valence electrons. The van der Waals surface area contributed by atoms with Crippen LogP contribution in [0.5, 0.6) is 0 Å². The summed E-state index contributed by atoms with van der Waals surface area (Å²) in [5.41, 5.74) is -0.916. The van der Waals surface area contributed by atoms with Gasteiger partial charge in [-0.15, -0.1) is 0 Å². The Morgan fingerprint density at radius 3 is 2.55 bits per heavy atom. The van der Waals surface area contributed by atoms with E-state index in [2.05, 4.69) is 5.32 Å². The maximum atomic E-state index is 13.1. The number of rotatable bonds is 5. The minimum absolute atomic E-state index is 0.0725. The summed E-state index contributed by atoms with van der Waals surface area (Å²) in [6, 6.07) is 4.18. The Bertz CT molecular complexity index is 896. The Morgan fingerprint density at radius 1 is 1.24 bits per heavy atom. The van der Waals surface area contributed by atoms with Crippen LogP contribution < -0.4 is 5.32 Å². The number of hydrogen-bond acceptors (Lipinski definition) is 5. The quantitative estimate of drug-likeness (QED) is 0.707. The third-order valence-corrected chi connectivity index (χ3v) is 8.16. The summed E-state index contributed by atoms with van der Waals surface area (Å²) in [4.78, 5) is 25.1. The van der Waals surface area contributed by atoms with Gasteiger partial charge < -0.3 is 10.1 Å². The van der Waals surface area contributed by atoms with Crippen molar-refractivity contribution in [1.29, 1.82) is 0 Å². The lowest BCUT2D eigenvalue weighted by Crippen LogP contribution is -2.53. The van der Waals surface area contributed by atoms with Gasteiger partial charge in [-0.25, -0.2) is 13.2 Å². The molecule has 1 unspecified atom stereocenters. The molecule has 1 saturated carbocycles. The molecular formula is C20H27ClN2O5S. The predicted molar refractivity (Wildman–Crippen MR) is 109 cm³/mol. The Kier molecular flexibility index (Phi) is 6.55. The summed E-state index contributed by atoms with van der Waals surface area (Å²) < 4.78 is 32.6. The van der Waals surface area contributed by atoms with Gasteiger partial charge in [0.2, 0.25) is 10.0 Å².